The van der Waals surface area contributed by atoms with E-state index in [9.17, 15) is 9.18 Å². The maximum atomic E-state index is 13.4. The second-order valence-corrected chi connectivity index (χ2v) is 7.37. The number of thiazole rings is 1. The van der Waals surface area contributed by atoms with Gasteiger partial charge in [0.2, 0.25) is 0 Å². The molecule has 0 aliphatic carbocycles. The maximum absolute atomic E-state index is 13.4. The van der Waals surface area contributed by atoms with Gasteiger partial charge in [0, 0.05) is 17.0 Å². The second kappa shape index (κ2) is 8.97. The van der Waals surface area contributed by atoms with Gasteiger partial charge in [-0.1, -0.05) is 19.4 Å². The van der Waals surface area contributed by atoms with Crippen molar-refractivity contribution in [3.8, 4) is 17.0 Å². The standard InChI is InChI=1S/C22H23FN2O2S/c1-4-7-19-20(15-10-12-17(23)13-11-15)25(5-2)22(28-19)24-21(26)16-8-6-9-18(14-16)27-3/h6,8-14H,4-5,7H2,1-3H3. The van der Waals surface area contributed by atoms with Crippen LogP contribution in [0.15, 0.2) is 53.5 Å². The van der Waals surface area contributed by atoms with E-state index in [0.29, 0.717) is 22.7 Å². The number of nitrogens with zero attached hydrogens (tertiary/aromatic N) is 2. The Kier molecular flexibility index (Phi) is 6.41. The van der Waals surface area contributed by atoms with E-state index in [0.717, 1.165) is 29.0 Å². The van der Waals surface area contributed by atoms with Gasteiger partial charge in [0.25, 0.3) is 5.91 Å². The Balaban J connectivity index is 2.12. The predicted octanol–water partition coefficient (Wildman–Crippen LogP) is 5.08. The molecule has 6 heteroatoms. The first-order valence-corrected chi connectivity index (χ1v) is 10.1. The van der Waals surface area contributed by atoms with Crippen LogP contribution in [0, 0.1) is 5.82 Å². The Morgan fingerprint density at radius 2 is 1.93 bits per heavy atom. The number of aromatic nitrogens is 1. The zero-order valence-electron chi connectivity index (χ0n) is 16.2. The fourth-order valence-corrected chi connectivity index (χ4v) is 4.38. The number of hydrogen-bond acceptors (Lipinski definition) is 3. The predicted molar refractivity (Wildman–Crippen MR) is 110 cm³/mol. The number of halogens is 1. The number of methoxy groups -OCH3 is 1. The van der Waals surface area contributed by atoms with Gasteiger partial charge in [-0.25, -0.2) is 4.39 Å². The van der Waals surface area contributed by atoms with Crippen LogP contribution >= 0.6 is 11.3 Å². The average molecular weight is 399 g/mol. The molecule has 1 heterocycles. The quantitative estimate of drug-likeness (QED) is 0.581. The number of ether oxygens (including phenoxy) is 1. The Morgan fingerprint density at radius 1 is 1.18 bits per heavy atom. The molecule has 0 N–H and O–H groups in total. The summed E-state index contributed by atoms with van der Waals surface area (Å²) in [6.45, 7) is 4.80. The molecule has 0 saturated heterocycles. The molecule has 0 atom stereocenters. The lowest BCUT2D eigenvalue weighted by Gasteiger charge is -2.09. The molecule has 0 radical (unpaired) electrons. The molecule has 0 spiro atoms. The highest BCUT2D eigenvalue weighted by molar-refractivity contribution is 7.09. The van der Waals surface area contributed by atoms with Gasteiger partial charge in [-0.05, 0) is 61.4 Å². The third-order valence-electron chi connectivity index (χ3n) is 4.40. The summed E-state index contributed by atoms with van der Waals surface area (Å²) in [6.07, 6.45) is 1.85. The van der Waals surface area contributed by atoms with Gasteiger partial charge in [-0.2, -0.15) is 4.99 Å². The number of carbonyl (C=O) groups excluding carboxylic acids is 1. The minimum Gasteiger partial charge on any atom is -0.497 e. The maximum Gasteiger partial charge on any atom is 0.279 e. The van der Waals surface area contributed by atoms with E-state index < -0.39 is 0 Å². The molecule has 4 nitrogen and oxygen atoms in total. The fourth-order valence-electron chi connectivity index (χ4n) is 3.06. The second-order valence-electron chi connectivity index (χ2n) is 6.31. The number of hydrogen-bond donors (Lipinski definition) is 0. The summed E-state index contributed by atoms with van der Waals surface area (Å²) in [5.74, 6) is 0.0440. The summed E-state index contributed by atoms with van der Waals surface area (Å²) < 4.78 is 20.6. The van der Waals surface area contributed by atoms with Gasteiger partial charge in [-0.3, -0.25) is 4.79 Å². The van der Waals surface area contributed by atoms with Gasteiger partial charge in [0.05, 0.1) is 12.8 Å². The topological polar surface area (TPSA) is 43.6 Å². The lowest BCUT2D eigenvalue weighted by Crippen LogP contribution is -2.17. The van der Waals surface area contributed by atoms with E-state index in [4.69, 9.17) is 4.74 Å². The van der Waals surface area contributed by atoms with Gasteiger partial charge in [-0.15, -0.1) is 11.3 Å². The fraction of sp³-hybridized carbons (Fsp3) is 0.273. The molecular weight excluding hydrogens is 375 g/mol. The SMILES string of the molecule is CCCc1sc(=NC(=O)c2cccc(OC)c2)n(CC)c1-c1ccc(F)cc1. The van der Waals surface area contributed by atoms with Crippen LogP contribution in [0.5, 0.6) is 5.75 Å². The number of amides is 1. The first-order chi connectivity index (χ1) is 13.6. The molecule has 0 fully saturated rings. The molecule has 0 saturated carbocycles. The number of carbonyl (C=O) groups is 1. The van der Waals surface area contributed by atoms with Crippen LogP contribution in [-0.4, -0.2) is 17.6 Å². The molecule has 2 aromatic carbocycles. The van der Waals surface area contributed by atoms with Gasteiger partial charge >= 0.3 is 0 Å². The van der Waals surface area contributed by atoms with Crippen LogP contribution in [0.3, 0.4) is 0 Å². The molecule has 146 valence electrons. The van der Waals surface area contributed by atoms with E-state index in [2.05, 4.69) is 11.9 Å². The van der Waals surface area contributed by atoms with Crippen molar-refractivity contribution in [1.29, 1.82) is 0 Å². The minimum atomic E-state index is -0.309. The molecule has 0 bridgehead atoms. The van der Waals surface area contributed by atoms with Crippen molar-refractivity contribution in [2.75, 3.05) is 7.11 Å². The van der Waals surface area contributed by atoms with Crippen LogP contribution in [0.2, 0.25) is 0 Å². The Bertz CT molecular complexity index is 1040. The summed E-state index contributed by atoms with van der Waals surface area (Å²) in [5.41, 5.74) is 2.42. The van der Waals surface area contributed by atoms with E-state index >= 15 is 0 Å². The first kappa shape index (κ1) is 20.0. The summed E-state index contributed by atoms with van der Waals surface area (Å²) in [4.78, 5) is 18.9. The van der Waals surface area contributed by atoms with Crippen LogP contribution in [0.4, 0.5) is 4.39 Å². The molecule has 28 heavy (non-hydrogen) atoms. The van der Waals surface area contributed by atoms with Gasteiger partial charge in [0.15, 0.2) is 4.80 Å². The lowest BCUT2D eigenvalue weighted by molar-refractivity contribution is 0.0997. The Morgan fingerprint density at radius 3 is 2.57 bits per heavy atom. The summed E-state index contributed by atoms with van der Waals surface area (Å²) in [5, 5.41) is 0. The molecule has 3 rings (SSSR count). The molecular formula is C22H23FN2O2S. The van der Waals surface area contributed by atoms with Crippen molar-refractivity contribution in [2.45, 2.75) is 33.2 Å². The highest BCUT2D eigenvalue weighted by Crippen LogP contribution is 2.27. The van der Waals surface area contributed by atoms with Crippen molar-refractivity contribution in [3.05, 3.63) is 69.6 Å². The highest BCUT2D eigenvalue weighted by atomic mass is 32.1. The zero-order chi connectivity index (χ0) is 20.1. The molecule has 1 aromatic heterocycles. The first-order valence-electron chi connectivity index (χ1n) is 9.28. The molecule has 0 aliphatic heterocycles. The average Bonchev–Trinajstić information content (AvgIpc) is 3.05. The summed E-state index contributed by atoms with van der Waals surface area (Å²) in [7, 11) is 1.57. The zero-order valence-corrected chi connectivity index (χ0v) is 17.1. The number of aryl methyl sites for hydroxylation is 1. The van der Waals surface area contributed by atoms with Gasteiger partial charge < -0.3 is 9.30 Å². The highest BCUT2D eigenvalue weighted by Gasteiger charge is 2.16. The van der Waals surface area contributed by atoms with Crippen molar-refractivity contribution in [3.63, 3.8) is 0 Å². The van der Waals surface area contributed by atoms with Crippen molar-refractivity contribution >= 4 is 17.2 Å². The lowest BCUT2D eigenvalue weighted by atomic mass is 10.1. The largest absolute Gasteiger partial charge is 0.497 e. The van der Waals surface area contributed by atoms with Crippen molar-refractivity contribution in [2.24, 2.45) is 4.99 Å². The van der Waals surface area contributed by atoms with Gasteiger partial charge in [0.1, 0.15) is 11.6 Å². The number of benzene rings is 2. The van der Waals surface area contributed by atoms with Crippen LogP contribution in [-0.2, 0) is 13.0 Å². The normalized spacial score (nSPS) is 11.6. The third-order valence-corrected chi connectivity index (χ3v) is 5.54. The van der Waals surface area contributed by atoms with E-state index in [-0.39, 0.29) is 11.7 Å². The van der Waals surface area contributed by atoms with E-state index in [1.165, 1.54) is 23.5 Å². The van der Waals surface area contributed by atoms with E-state index in [1.807, 2.05) is 11.5 Å². The summed E-state index contributed by atoms with van der Waals surface area (Å²) >= 11 is 1.52. The molecule has 0 aliphatic rings. The van der Waals surface area contributed by atoms with Crippen molar-refractivity contribution in [1.82, 2.24) is 4.57 Å². The number of rotatable bonds is 6. The monoisotopic (exact) mass is 398 g/mol. The molecule has 3 aromatic rings. The van der Waals surface area contributed by atoms with E-state index in [1.54, 1.807) is 43.5 Å². The summed E-state index contributed by atoms with van der Waals surface area (Å²) in [6, 6.07) is 13.4. The molecule has 0 unspecified atom stereocenters. The van der Waals surface area contributed by atoms with Crippen LogP contribution in [0.1, 0.15) is 35.5 Å². The van der Waals surface area contributed by atoms with Crippen molar-refractivity contribution < 1.29 is 13.9 Å². The Labute approximate surface area is 168 Å². The van der Waals surface area contributed by atoms with Crippen LogP contribution < -0.4 is 9.54 Å². The molecule has 1 amide bonds. The third kappa shape index (κ3) is 4.22. The smallest absolute Gasteiger partial charge is 0.279 e. The minimum absolute atomic E-state index is 0.266. The Hall–Kier alpha value is -2.73. The van der Waals surface area contributed by atoms with Crippen LogP contribution in [0.25, 0.3) is 11.3 Å².